The van der Waals surface area contributed by atoms with E-state index in [-0.39, 0.29) is 18.3 Å². The summed E-state index contributed by atoms with van der Waals surface area (Å²) in [5.41, 5.74) is 1.03. The summed E-state index contributed by atoms with van der Waals surface area (Å²) in [7, 11) is 0. The number of hydrogen-bond donors (Lipinski definition) is 0. The summed E-state index contributed by atoms with van der Waals surface area (Å²) < 4.78 is 13.7. The topological polar surface area (TPSA) is 38.8 Å². The molecular formula is C14H17Hg2NO3. The number of nitrogens with zero attached hydrogens (tertiary/aromatic N) is 1. The van der Waals surface area contributed by atoms with Gasteiger partial charge in [-0.05, 0) is 0 Å². The van der Waals surface area contributed by atoms with Gasteiger partial charge in [0.2, 0.25) is 0 Å². The number of ether oxygens (including phenoxy) is 2. The molecule has 1 aromatic carbocycles. The molecule has 2 atom stereocenters. The molecule has 1 aliphatic heterocycles. The van der Waals surface area contributed by atoms with Gasteiger partial charge in [-0.3, -0.25) is 0 Å². The normalized spacial score (nSPS) is 22.7. The summed E-state index contributed by atoms with van der Waals surface area (Å²) in [4.78, 5) is 14.0. The van der Waals surface area contributed by atoms with Gasteiger partial charge in [-0.25, -0.2) is 0 Å². The Morgan fingerprint density at radius 3 is 2.35 bits per heavy atom. The van der Waals surface area contributed by atoms with Gasteiger partial charge in [-0.2, -0.15) is 0 Å². The number of morpholine rings is 1. The van der Waals surface area contributed by atoms with Crippen molar-refractivity contribution in [2.45, 2.75) is 26.7 Å². The fourth-order valence-corrected chi connectivity index (χ4v) is 4.68. The molecule has 1 fully saturated rings. The van der Waals surface area contributed by atoms with Crippen LogP contribution in [0, 0.1) is 0 Å². The number of amides is 1. The Labute approximate surface area is 152 Å². The third kappa shape index (κ3) is 4.95. The molecule has 0 aliphatic carbocycles. The van der Waals surface area contributed by atoms with E-state index in [1.165, 1.54) is 0 Å². The number of hydrogen-bond acceptors (Lipinski definition) is 3. The first-order chi connectivity index (χ1) is 9.72. The number of benzene rings is 1. The van der Waals surface area contributed by atoms with Crippen molar-refractivity contribution in [3.05, 3.63) is 35.9 Å². The van der Waals surface area contributed by atoms with Gasteiger partial charge in [0.1, 0.15) is 0 Å². The van der Waals surface area contributed by atoms with Gasteiger partial charge in [0, 0.05) is 0 Å². The van der Waals surface area contributed by atoms with Gasteiger partial charge in [-0.1, -0.05) is 0 Å². The van der Waals surface area contributed by atoms with E-state index < -0.39 is 0 Å². The maximum absolute atomic E-state index is 12.2. The van der Waals surface area contributed by atoms with Crippen LogP contribution in [0.2, 0.25) is 7.86 Å². The van der Waals surface area contributed by atoms with Gasteiger partial charge in [-0.15, -0.1) is 0 Å². The summed E-state index contributed by atoms with van der Waals surface area (Å²) in [6.45, 7) is 1.74. The molecule has 0 saturated carbocycles. The van der Waals surface area contributed by atoms with Crippen LogP contribution in [-0.2, 0) is 68.3 Å². The molecule has 1 saturated heterocycles. The molecule has 0 bridgehead atoms. The zero-order valence-corrected chi connectivity index (χ0v) is 22.7. The zero-order valence-electron chi connectivity index (χ0n) is 11.7. The van der Waals surface area contributed by atoms with Crippen molar-refractivity contribution in [2.75, 3.05) is 13.1 Å². The van der Waals surface area contributed by atoms with E-state index in [1.807, 2.05) is 35.2 Å². The van der Waals surface area contributed by atoms with E-state index in [2.05, 4.69) is 0 Å². The molecule has 2 rings (SSSR count). The molecule has 1 heterocycles. The second kappa shape index (κ2) is 8.69. The maximum atomic E-state index is 12.2. The van der Waals surface area contributed by atoms with Crippen LogP contribution < -0.4 is 0 Å². The van der Waals surface area contributed by atoms with Crippen molar-refractivity contribution in [1.29, 1.82) is 0 Å². The van der Waals surface area contributed by atoms with Crippen LogP contribution in [-0.4, -0.2) is 36.3 Å². The van der Waals surface area contributed by atoms with Crippen molar-refractivity contribution in [3.63, 3.8) is 0 Å². The molecule has 6 heteroatoms. The van der Waals surface area contributed by atoms with E-state index in [1.54, 1.807) is 0 Å². The molecule has 2 unspecified atom stereocenters. The quantitative estimate of drug-likeness (QED) is 0.471. The molecule has 1 aromatic rings. The Bertz CT molecular complexity index is 418. The zero-order chi connectivity index (χ0) is 14.4. The second-order valence-corrected chi connectivity index (χ2v) is 9.39. The van der Waals surface area contributed by atoms with Crippen molar-refractivity contribution >= 4 is 6.09 Å². The first-order valence-corrected chi connectivity index (χ1v) is 14.7. The molecule has 20 heavy (non-hydrogen) atoms. The average Bonchev–Trinajstić information content (AvgIpc) is 2.52. The Balaban J connectivity index is 1.87. The molecule has 0 radical (unpaired) electrons. The molecule has 100 valence electrons. The molecule has 4 nitrogen and oxygen atoms in total. The summed E-state index contributed by atoms with van der Waals surface area (Å²) in [5, 5.41) is 0. The predicted octanol–water partition coefficient (Wildman–Crippen LogP) is 2.32. The average molecular weight is 648 g/mol. The SMILES string of the molecule is O=C(OCc1ccccc1)N1CC([CH2][Hg])OC([CH2][Hg])C1. The fourth-order valence-electron chi connectivity index (χ4n) is 2.20. The van der Waals surface area contributed by atoms with Crippen molar-refractivity contribution in [3.8, 4) is 0 Å². The fraction of sp³-hybridized carbons (Fsp3) is 0.500. The monoisotopic (exact) mass is 651 g/mol. The summed E-state index contributed by atoms with van der Waals surface area (Å²) in [5.74, 6) is 0. The van der Waals surface area contributed by atoms with Crippen LogP contribution in [0.5, 0.6) is 0 Å². The number of carbonyl (C=O) groups is 1. The first-order valence-electron chi connectivity index (χ1n) is 6.92. The van der Waals surface area contributed by atoms with Crippen molar-refractivity contribution < 1.29 is 66.5 Å². The molecule has 1 aliphatic rings. The molecular weight excluding hydrogens is 631 g/mol. The van der Waals surface area contributed by atoms with Gasteiger partial charge in [0.15, 0.2) is 0 Å². The first kappa shape index (κ1) is 16.7. The van der Waals surface area contributed by atoms with E-state index in [0.29, 0.717) is 71.9 Å². The van der Waals surface area contributed by atoms with Crippen LogP contribution in [0.1, 0.15) is 5.56 Å². The molecule has 0 aromatic heterocycles. The Hall–Kier alpha value is 0.320. The summed E-state index contributed by atoms with van der Waals surface area (Å²) in [6, 6.07) is 9.81. The van der Waals surface area contributed by atoms with Crippen molar-refractivity contribution in [1.82, 2.24) is 4.90 Å². The standard InChI is InChI=1S/C14H17NO3.2Hg/c1-11-8-15(9-12(2)18-11)14(16)17-10-13-6-4-3-5-7-13;;/h3-7,11-12H,1-2,8-10H2;;. The third-order valence-corrected chi connectivity index (χ3v) is 8.35. The minimum atomic E-state index is -0.198. The van der Waals surface area contributed by atoms with Crippen LogP contribution in [0.4, 0.5) is 4.79 Å². The summed E-state index contributed by atoms with van der Waals surface area (Å²) >= 11 is 1.42. The van der Waals surface area contributed by atoms with Gasteiger partial charge in [0.05, 0.1) is 0 Å². The van der Waals surface area contributed by atoms with E-state index in [0.717, 1.165) is 13.4 Å². The van der Waals surface area contributed by atoms with E-state index >= 15 is 0 Å². The molecule has 0 spiro atoms. The van der Waals surface area contributed by atoms with Gasteiger partial charge >= 0.3 is 153 Å². The minimum absolute atomic E-state index is 0.198. The second-order valence-electron chi connectivity index (χ2n) is 4.90. The van der Waals surface area contributed by atoms with Gasteiger partial charge in [0.25, 0.3) is 0 Å². The number of rotatable bonds is 4. The Morgan fingerprint density at radius 2 is 1.80 bits per heavy atom. The van der Waals surface area contributed by atoms with Crippen molar-refractivity contribution in [2.24, 2.45) is 0 Å². The third-order valence-electron chi connectivity index (χ3n) is 3.34. The Morgan fingerprint density at radius 1 is 1.20 bits per heavy atom. The molecule has 0 N–H and O–H groups in total. The van der Waals surface area contributed by atoms with Crippen LogP contribution in [0.3, 0.4) is 0 Å². The Kier molecular flexibility index (Phi) is 7.25. The summed E-state index contributed by atoms with van der Waals surface area (Å²) in [6.07, 6.45) is 0.283. The van der Waals surface area contributed by atoms with E-state index in [9.17, 15) is 4.79 Å². The predicted molar refractivity (Wildman–Crippen MR) is 66.5 cm³/mol. The van der Waals surface area contributed by atoms with Crippen LogP contribution in [0.25, 0.3) is 0 Å². The van der Waals surface area contributed by atoms with Crippen LogP contribution in [0.15, 0.2) is 30.3 Å². The van der Waals surface area contributed by atoms with E-state index in [4.69, 9.17) is 9.47 Å². The van der Waals surface area contributed by atoms with Crippen LogP contribution >= 0.6 is 0 Å². The molecule has 1 amide bonds. The van der Waals surface area contributed by atoms with Gasteiger partial charge < -0.3 is 0 Å². The number of carbonyl (C=O) groups excluding carboxylic acids is 1.